The molecule has 2 aromatic carbocycles. The molecule has 6 heteroatoms. The molecule has 0 radical (unpaired) electrons. The second kappa shape index (κ2) is 10.4. The van der Waals surface area contributed by atoms with Gasteiger partial charge in [0.2, 0.25) is 0 Å². The molecule has 0 saturated heterocycles. The Balaban J connectivity index is 2.02. The molecule has 2 N–H and O–H groups in total. The van der Waals surface area contributed by atoms with Crippen LogP contribution in [0.2, 0.25) is 5.02 Å². The van der Waals surface area contributed by atoms with Gasteiger partial charge >= 0.3 is 5.97 Å². The molecule has 27 heavy (non-hydrogen) atoms. The molecule has 1 unspecified atom stereocenters. The number of ether oxygens (including phenoxy) is 2. The maximum absolute atomic E-state index is 14.0. The third kappa shape index (κ3) is 6.31. The van der Waals surface area contributed by atoms with Crippen molar-refractivity contribution in [3.8, 4) is 11.1 Å². The van der Waals surface area contributed by atoms with Gasteiger partial charge in [0.15, 0.2) is 0 Å². The van der Waals surface area contributed by atoms with Gasteiger partial charge in [0, 0.05) is 23.7 Å². The average Bonchev–Trinajstić information content (AvgIpc) is 2.64. The van der Waals surface area contributed by atoms with E-state index in [9.17, 15) is 9.18 Å². The lowest BCUT2D eigenvalue weighted by Gasteiger charge is -2.19. The highest BCUT2D eigenvalue weighted by Crippen LogP contribution is 2.26. The van der Waals surface area contributed by atoms with E-state index in [2.05, 4.69) is 0 Å². The van der Waals surface area contributed by atoms with Gasteiger partial charge in [-0.2, -0.15) is 0 Å². The fourth-order valence-electron chi connectivity index (χ4n) is 2.98. The van der Waals surface area contributed by atoms with Gasteiger partial charge in [0.25, 0.3) is 0 Å². The summed E-state index contributed by atoms with van der Waals surface area (Å²) in [5, 5.41) is 0.487. The van der Waals surface area contributed by atoms with Crippen molar-refractivity contribution < 1.29 is 18.7 Å². The van der Waals surface area contributed by atoms with Gasteiger partial charge in [0.1, 0.15) is 5.82 Å². The number of halogens is 2. The van der Waals surface area contributed by atoms with Gasteiger partial charge < -0.3 is 15.2 Å². The summed E-state index contributed by atoms with van der Waals surface area (Å²) < 4.78 is 24.2. The molecule has 2 rings (SSSR count). The van der Waals surface area contributed by atoms with E-state index in [1.165, 1.54) is 12.1 Å². The van der Waals surface area contributed by atoms with Crippen LogP contribution in [0.5, 0.6) is 0 Å². The van der Waals surface area contributed by atoms with Crippen LogP contribution in [0.3, 0.4) is 0 Å². The van der Waals surface area contributed by atoms with Crippen LogP contribution in [0.25, 0.3) is 11.1 Å². The Labute approximate surface area is 164 Å². The van der Waals surface area contributed by atoms with Crippen molar-refractivity contribution in [1.82, 2.24) is 0 Å². The molecule has 0 amide bonds. The third-order valence-corrected chi connectivity index (χ3v) is 4.50. The zero-order valence-electron chi connectivity index (χ0n) is 15.6. The molecular weight excluding hydrogens is 369 g/mol. The number of nitrogens with two attached hydrogens (primary N) is 1. The number of methoxy groups -OCH3 is 1. The number of esters is 1. The average molecular weight is 394 g/mol. The van der Waals surface area contributed by atoms with E-state index >= 15 is 0 Å². The summed E-state index contributed by atoms with van der Waals surface area (Å²) in [5.74, 6) is -0.993. The lowest BCUT2D eigenvalue weighted by molar-refractivity contribution is -0.150. The smallest absolute Gasteiger partial charge is 0.311 e. The second-order valence-corrected chi connectivity index (χ2v) is 6.86. The summed E-state index contributed by atoms with van der Waals surface area (Å²) >= 11 is 5.96. The van der Waals surface area contributed by atoms with Crippen LogP contribution in [0.1, 0.15) is 18.9 Å². The van der Waals surface area contributed by atoms with Crippen LogP contribution in [0.4, 0.5) is 4.39 Å². The van der Waals surface area contributed by atoms with Gasteiger partial charge in [-0.3, -0.25) is 4.79 Å². The number of hydrogen-bond donors (Lipinski definition) is 1. The Hall–Kier alpha value is -1.95. The summed E-state index contributed by atoms with van der Waals surface area (Å²) in [7, 11) is 1.55. The van der Waals surface area contributed by atoms with E-state index < -0.39 is 0 Å². The van der Waals surface area contributed by atoms with Gasteiger partial charge in [-0.05, 0) is 49.1 Å². The fraction of sp³-hybridized carbons (Fsp3) is 0.381. The molecule has 146 valence electrons. The van der Waals surface area contributed by atoms with Gasteiger partial charge in [-0.15, -0.1) is 0 Å². The SMILES string of the molecule is CCOC(=O)C(COC)C[C@H](N)Cc1ccc(-c2cc(Cl)ccc2F)cc1. The minimum absolute atomic E-state index is 0.219. The van der Waals surface area contributed by atoms with Gasteiger partial charge in [-0.25, -0.2) is 4.39 Å². The van der Waals surface area contributed by atoms with Crippen LogP contribution in [0, 0.1) is 11.7 Å². The van der Waals surface area contributed by atoms with Gasteiger partial charge in [0.05, 0.1) is 19.1 Å². The first kappa shape index (κ1) is 21.4. The number of rotatable bonds is 9. The molecule has 0 saturated carbocycles. The summed E-state index contributed by atoms with van der Waals surface area (Å²) in [6.45, 7) is 2.38. The summed E-state index contributed by atoms with van der Waals surface area (Å²) in [6.07, 6.45) is 1.06. The second-order valence-electron chi connectivity index (χ2n) is 6.43. The summed E-state index contributed by atoms with van der Waals surface area (Å²) in [4.78, 5) is 12.0. The molecule has 0 aromatic heterocycles. The topological polar surface area (TPSA) is 61.5 Å². The summed E-state index contributed by atoms with van der Waals surface area (Å²) in [5.41, 5.74) is 8.44. The highest BCUT2D eigenvalue weighted by Gasteiger charge is 2.22. The monoisotopic (exact) mass is 393 g/mol. The van der Waals surface area contributed by atoms with Crippen molar-refractivity contribution in [3.63, 3.8) is 0 Å². The number of benzene rings is 2. The lowest BCUT2D eigenvalue weighted by atomic mass is 9.95. The normalized spacial score (nSPS) is 13.2. The Kier molecular flexibility index (Phi) is 8.23. The van der Waals surface area contributed by atoms with Crippen molar-refractivity contribution >= 4 is 17.6 Å². The standard InChI is InChI=1S/C21H25ClFNO3/c1-3-27-21(25)16(13-26-2)11-18(24)10-14-4-6-15(7-5-14)19-12-17(22)8-9-20(19)23/h4-9,12,16,18H,3,10-11,13,24H2,1-2H3/t16?,18-/m1/s1. The van der Waals surface area contributed by atoms with E-state index in [4.69, 9.17) is 26.8 Å². The van der Waals surface area contributed by atoms with E-state index in [0.717, 1.165) is 11.1 Å². The zero-order chi connectivity index (χ0) is 19.8. The van der Waals surface area contributed by atoms with Crippen LogP contribution < -0.4 is 5.73 Å². The molecular formula is C21H25ClFNO3. The first-order valence-electron chi connectivity index (χ1n) is 8.90. The van der Waals surface area contributed by atoms with Crippen molar-refractivity contribution in [2.24, 2.45) is 11.7 Å². The highest BCUT2D eigenvalue weighted by atomic mass is 35.5. The minimum Gasteiger partial charge on any atom is -0.466 e. The highest BCUT2D eigenvalue weighted by molar-refractivity contribution is 6.30. The van der Waals surface area contributed by atoms with Crippen LogP contribution >= 0.6 is 11.6 Å². The Bertz CT molecular complexity index is 752. The van der Waals surface area contributed by atoms with Crippen molar-refractivity contribution in [2.75, 3.05) is 20.3 Å². The van der Waals surface area contributed by atoms with E-state index in [0.29, 0.717) is 30.0 Å². The van der Waals surface area contributed by atoms with Crippen LogP contribution in [-0.2, 0) is 20.7 Å². The molecule has 0 bridgehead atoms. The first-order chi connectivity index (χ1) is 12.9. The maximum atomic E-state index is 14.0. The molecule has 0 fully saturated rings. The quantitative estimate of drug-likeness (QED) is 0.647. The Morgan fingerprint density at radius 2 is 1.93 bits per heavy atom. The Morgan fingerprint density at radius 1 is 1.22 bits per heavy atom. The van der Waals surface area contributed by atoms with Crippen LogP contribution in [-0.4, -0.2) is 32.3 Å². The van der Waals surface area contributed by atoms with Crippen molar-refractivity contribution in [1.29, 1.82) is 0 Å². The van der Waals surface area contributed by atoms with Gasteiger partial charge in [-0.1, -0.05) is 35.9 Å². The minimum atomic E-state index is -0.384. The predicted molar refractivity (Wildman–Crippen MR) is 105 cm³/mol. The molecule has 4 nitrogen and oxygen atoms in total. The fourth-order valence-corrected chi connectivity index (χ4v) is 3.16. The zero-order valence-corrected chi connectivity index (χ0v) is 16.3. The molecule has 0 spiro atoms. The van der Waals surface area contributed by atoms with Crippen LogP contribution in [0.15, 0.2) is 42.5 Å². The van der Waals surface area contributed by atoms with E-state index in [-0.39, 0.29) is 30.4 Å². The first-order valence-corrected chi connectivity index (χ1v) is 9.27. The largest absolute Gasteiger partial charge is 0.466 e. The molecule has 0 heterocycles. The molecule has 2 atom stereocenters. The number of carbonyl (C=O) groups is 1. The Morgan fingerprint density at radius 3 is 2.56 bits per heavy atom. The number of hydrogen-bond acceptors (Lipinski definition) is 4. The molecule has 2 aromatic rings. The predicted octanol–water partition coefficient (Wildman–Crippen LogP) is 4.23. The van der Waals surface area contributed by atoms with Crippen molar-refractivity contribution in [3.05, 3.63) is 58.9 Å². The summed E-state index contributed by atoms with van der Waals surface area (Å²) in [6, 6.07) is 11.8. The van der Waals surface area contributed by atoms with E-state index in [1.807, 2.05) is 24.3 Å². The lowest BCUT2D eigenvalue weighted by Crippen LogP contribution is -2.32. The number of carbonyl (C=O) groups excluding carboxylic acids is 1. The maximum Gasteiger partial charge on any atom is 0.311 e. The van der Waals surface area contributed by atoms with E-state index in [1.54, 1.807) is 20.1 Å². The third-order valence-electron chi connectivity index (χ3n) is 4.27. The molecule has 0 aliphatic heterocycles. The molecule has 0 aliphatic rings. The van der Waals surface area contributed by atoms with Crippen molar-refractivity contribution in [2.45, 2.75) is 25.8 Å². The molecule has 0 aliphatic carbocycles.